The molecule has 5 nitrogen and oxygen atoms in total. The number of rotatable bonds is 3. The summed E-state index contributed by atoms with van der Waals surface area (Å²) in [7, 11) is 0. The number of aryl methyl sites for hydroxylation is 1. The monoisotopic (exact) mass is 691 g/mol. The van der Waals surface area contributed by atoms with Crippen molar-refractivity contribution >= 4 is 28.0 Å². The molecule has 0 amide bonds. The van der Waals surface area contributed by atoms with E-state index >= 15 is 0 Å². The minimum atomic E-state index is -0.0609. The standard InChI is InChI=1S/C22H17NO2.C19H16N2.C7H8/c1-22(2)15-6-4-3-5-14(15)20-16(22)8-10-18-21(20)25-17-9-7-13(12-23)11-19(17)24-18;20-13-14-9-11-15(12-10-14)21-18-7-3-1-5-16(18)17-6-2-4-8-19(17)21;1-7-5-3-2-4-6-7/h3-12,23H,1-2H3;1-12H,13,20H2;2-6H,1H3. The number of nitrogens with one attached hydrogen (secondary N) is 1. The van der Waals surface area contributed by atoms with Crippen molar-refractivity contribution in [2.75, 3.05) is 0 Å². The normalized spacial score (nSPS) is 12.8. The number of para-hydroxylation sites is 2. The molecule has 0 radical (unpaired) electrons. The molecule has 7 aromatic carbocycles. The van der Waals surface area contributed by atoms with Gasteiger partial charge in [-0.05, 0) is 83.3 Å². The predicted octanol–water partition coefficient (Wildman–Crippen LogP) is 12.1. The van der Waals surface area contributed by atoms with E-state index in [0.29, 0.717) is 18.0 Å². The summed E-state index contributed by atoms with van der Waals surface area (Å²) in [5, 5.41) is 9.99. The summed E-state index contributed by atoms with van der Waals surface area (Å²) in [5.74, 6) is 2.85. The molecule has 260 valence electrons. The summed E-state index contributed by atoms with van der Waals surface area (Å²) in [6.07, 6.45) is 1.31. The van der Waals surface area contributed by atoms with Gasteiger partial charge in [0.2, 0.25) is 0 Å². The van der Waals surface area contributed by atoms with Crippen molar-refractivity contribution in [3.63, 3.8) is 0 Å². The van der Waals surface area contributed by atoms with Crippen molar-refractivity contribution in [3.05, 3.63) is 186 Å². The summed E-state index contributed by atoms with van der Waals surface area (Å²) >= 11 is 0. The van der Waals surface area contributed by atoms with Crippen molar-refractivity contribution in [2.24, 2.45) is 5.73 Å². The third-order valence-electron chi connectivity index (χ3n) is 10.2. The lowest BCUT2D eigenvalue weighted by atomic mass is 9.82. The first-order valence-corrected chi connectivity index (χ1v) is 17.9. The Hall–Kier alpha value is -6.43. The van der Waals surface area contributed by atoms with E-state index < -0.39 is 0 Å². The lowest BCUT2D eigenvalue weighted by Gasteiger charge is -2.25. The van der Waals surface area contributed by atoms with E-state index in [1.807, 2.05) is 42.5 Å². The average Bonchev–Trinajstić information content (AvgIpc) is 3.66. The zero-order valence-corrected chi connectivity index (χ0v) is 30.1. The van der Waals surface area contributed by atoms with Gasteiger partial charge in [-0.1, -0.05) is 129 Å². The Morgan fingerprint density at radius 1 is 0.623 bits per heavy atom. The molecule has 1 aliphatic heterocycles. The van der Waals surface area contributed by atoms with Crippen LogP contribution in [-0.2, 0) is 12.0 Å². The van der Waals surface area contributed by atoms with Crippen LogP contribution in [0.3, 0.4) is 0 Å². The second-order valence-electron chi connectivity index (χ2n) is 13.9. The highest BCUT2D eigenvalue weighted by Gasteiger charge is 2.39. The number of ether oxygens (including phenoxy) is 2. The van der Waals surface area contributed by atoms with Crippen molar-refractivity contribution in [1.82, 2.24) is 4.57 Å². The highest BCUT2D eigenvalue weighted by Crippen LogP contribution is 2.58. The molecule has 0 unspecified atom stereocenters. The Bertz CT molecular complexity index is 2550. The highest BCUT2D eigenvalue weighted by atomic mass is 16.6. The summed E-state index contributed by atoms with van der Waals surface area (Å²) in [4.78, 5) is 0. The highest BCUT2D eigenvalue weighted by molar-refractivity contribution is 6.09. The molecule has 2 heterocycles. The van der Waals surface area contributed by atoms with Gasteiger partial charge in [-0.2, -0.15) is 0 Å². The number of hydrogen-bond acceptors (Lipinski definition) is 4. The Balaban J connectivity index is 0.000000129. The van der Waals surface area contributed by atoms with Crippen LogP contribution in [0.4, 0.5) is 0 Å². The van der Waals surface area contributed by atoms with Crippen molar-refractivity contribution in [1.29, 1.82) is 5.41 Å². The SMILES string of the molecule is CC1(C)c2ccccc2-c2c1ccc1c2Oc2ccc(C=N)cc2O1.Cc1ccccc1.NCc1ccc(-n2c3ccccc3c3ccccc32)cc1. The van der Waals surface area contributed by atoms with Gasteiger partial charge in [0.05, 0.1) is 11.0 Å². The molecule has 5 heteroatoms. The van der Waals surface area contributed by atoms with Crippen LogP contribution in [0.5, 0.6) is 23.0 Å². The van der Waals surface area contributed by atoms with Crippen LogP contribution in [0, 0.1) is 12.3 Å². The zero-order chi connectivity index (χ0) is 36.5. The predicted molar refractivity (Wildman–Crippen MR) is 218 cm³/mol. The molecule has 53 heavy (non-hydrogen) atoms. The maximum atomic E-state index is 7.41. The van der Waals surface area contributed by atoms with Gasteiger partial charge in [0.1, 0.15) is 0 Å². The molecule has 2 aliphatic rings. The van der Waals surface area contributed by atoms with E-state index in [9.17, 15) is 0 Å². The van der Waals surface area contributed by atoms with Gasteiger partial charge in [0.15, 0.2) is 23.0 Å². The number of nitrogens with zero attached hydrogens (tertiary/aromatic N) is 1. The molecule has 3 N–H and O–H groups in total. The molecule has 0 bridgehead atoms. The number of fused-ring (bicyclic) bond motifs is 9. The Kier molecular flexibility index (Phi) is 8.87. The van der Waals surface area contributed by atoms with E-state index in [4.69, 9.17) is 20.6 Å². The van der Waals surface area contributed by atoms with E-state index in [1.165, 1.54) is 56.0 Å². The van der Waals surface area contributed by atoms with E-state index in [-0.39, 0.29) is 5.41 Å². The van der Waals surface area contributed by atoms with E-state index in [2.05, 4.69) is 141 Å². The Labute approximate surface area is 310 Å². The van der Waals surface area contributed by atoms with Gasteiger partial charge in [0.25, 0.3) is 0 Å². The average molecular weight is 692 g/mol. The van der Waals surface area contributed by atoms with Crippen LogP contribution in [0.1, 0.15) is 41.7 Å². The van der Waals surface area contributed by atoms with E-state index in [1.54, 1.807) is 0 Å². The van der Waals surface area contributed by atoms with Gasteiger partial charge in [-0.15, -0.1) is 0 Å². The Morgan fingerprint density at radius 3 is 1.89 bits per heavy atom. The zero-order valence-electron chi connectivity index (χ0n) is 30.1. The molecular weight excluding hydrogens is 651 g/mol. The van der Waals surface area contributed by atoms with Crippen molar-refractivity contribution in [2.45, 2.75) is 32.7 Å². The third-order valence-corrected chi connectivity index (χ3v) is 10.2. The van der Waals surface area contributed by atoms with Gasteiger partial charge in [0, 0.05) is 40.2 Å². The van der Waals surface area contributed by atoms with Crippen molar-refractivity contribution in [3.8, 4) is 39.8 Å². The van der Waals surface area contributed by atoms with E-state index in [0.717, 1.165) is 28.2 Å². The number of hydrogen-bond donors (Lipinski definition) is 2. The lowest BCUT2D eigenvalue weighted by Crippen LogP contribution is -2.15. The fourth-order valence-electron chi connectivity index (χ4n) is 7.45. The first kappa shape index (κ1) is 33.7. The van der Waals surface area contributed by atoms with Crippen LogP contribution in [-0.4, -0.2) is 10.8 Å². The topological polar surface area (TPSA) is 73.3 Å². The first-order chi connectivity index (χ1) is 25.9. The fourth-order valence-corrected chi connectivity index (χ4v) is 7.45. The van der Waals surface area contributed by atoms with Gasteiger partial charge in [-0.3, -0.25) is 0 Å². The molecule has 0 saturated carbocycles. The van der Waals surface area contributed by atoms with Crippen LogP contribution >= 0.6 is 0 Å². The molecule has 0 saturated heterocycles. The third kappa shape index (κ3) is 6.15. The Morgan fingerprint density at radius 2 is 1.25 bits per heavy atom. The summed E-state index contributed by atoms with van der Waals surface area (Å²) < 4.78 is 14.7. The van der Waals surface area contributed by atoms with Gasteiger partial charge >= 0.3 is 0 Å². The summed E-state index contributed by atoms with van der Waals surface area (Å²) in [5.41, 5.74) is 17.4. The molecule has 1 aromatic heterocycles. The second kappa shape index (κ2) is 13.9. The number of aromatic nitrogens is 1. The minimum Gasteiger partial charge on any atom is -0.449 e. The molecule has 0 fully saturated rings. The van der Waals surface area contributed by atoms with Crippen LogP contribution in [0.15, 0.2) is 158 Å². The summed E-state index contributed by atoms with van der Waals surface area (Å²) in [6, 6.07) is 54.0. The molecule has 1 aliphatic carbocycles. The van der Waals surface area contributed by atoms with Gasteiger partial charge < -0.3 is 25.2 Å². The number of benzene rings is 7. The van der Waals surface area contributed by atoms with Crippen LogP contribution in [0.2, 0.25) is 0 Å². The molecule has 0 atom stereocenters. The van der Waals surface area contributed by atoms with Crippen molar-refractivity contribution < 1.29 is 9.47 Å². The second-order valence-corrected chi connectivity index (χ2v) is 13.9. The van der Waals surface area contributed by atoms with Gasteiger partial charge in [-0.25, -0.2) is 0 Å². The molecular formula is C48H41N3O2. The summed E-state index contributed by atoms with van der Waals surface area (Å²) in [6.45, 7) is 7.16. The minimum absolute atomic E-state index is 0.0609. The van der Waals surface area contributed by atoms with Crippen LogP contribution in [0.25, 0.3) is 38.6 Å². The lowest BCUT2D eigenvalue weighted by molar-refractivity contribution is 0.360. The van der Waals surface area contributed by atoms with Crippen LogP contribution < -0.4 is 15.2 Å². The fraction of sp³-hybridized carbons (Fsp3) is 0.104. The molecule has 10 rings (SSSR count). The quantitative estimate of drug-likeness (QED) is 0.181. The maximum absolute atomic E-state index is 7.41. The molecule has 8 aromatic rings. The molecule has 0 spiro atoms. The largest absolute Gasteiger partial charge is 0.449 e. The first-order valence-electron chi connectivity index (χ1n) is 17.9. The number of nitrogens with two attached hydrogens (primary N) is 1. The smallest absolute Gasteiger partial charge is 0.178 e. The maximum Gasteiger partial charge on any atom is 0.178 e.